The molecule has 1 N–H and O–H groups in total. The molecular weight excluding hydrogens is 531 g/mol. The van der Waals surface area contributed by atoms with E-state index in [2.05, 4.69) is 0 Å². The molecule has 1 amide bonds. The number of β-amino-alcohol motifs (C(OH)–C–C–N with tert-alkyl or cyclic N) is 1. The number of rotatable bonds is 8. The van der Waals surface area contributed by atoms with Crippen LogP contribution in [0.4, 0.5) is 0 Å². The van der Waals surface area contributed by atoms with Crippen LogP contribution in [0.3, 0.4) is 0 Å². The van der Waals surface area contributed by atoms with Gasteiger partial charge in [0.2, 0.25) is 15.9 Å². The van der Waals surface area contributed by atoms with Crippen molar-refractivity contribution >= 4 is 39.1 Å². The monoisotopic (exact) mass is 558 g/mol. The summed E-state index contributed by atoms with van der Waals surface area (Å²) in [5.74, 6) is 1.22. The Bertz CT molecular complexity index is 1210. The summed E-state index contributed by atoms with van der Waals surface area (Å²) in [5.41, 5.74) is 0. The van der Waals surface area contributed by atoms with Crippen molar-refractivity contribution in [3.63, 3.8) is 0 Å². The van der Waals surface area contributed by atoms with E-state index >= 15 is 0 Å². The van der Waals surface area contributed by atoms with E-state index in [4.69, 9.17) is 37.4 Å². The zero-order chi connectivity index (χ0) is 26.0. The standard InChI is InChI=1S/C24H28Cl2N2O7S/c1-33-22-7-6-17(13-23(22)34-2)35-9-8-27-14-21(29)19-4-3-5-20(24(27)30)28(19)36(31,32)18-11-15(25)10-16(26)12-18/h6-7,10-13,19-21,29H,3-5,8-9,14H2,1-2H3/t19?,20?,21-/m0/s1. The Morgan fingerprint density at radius 2 is 1.72 bits per heavy atom. The largest absolute Gasteiger partial charge is 0.493 e. The van der Waals surface area contributed by atoms with Crippen molar-refractivity contribution in [1.29, 1.82) is 0 Å². The third-order valence-electron chi connectivity index (χ3n) is 6.46. The van der Waals surface area contributed by atoms with Crippen molar-refractivity contribution < 1.29 is 32.5 Å². The summed E-state index contributed by atoms with van der Waals surface area (Å²) >= 11 is 12.1. The average Bonchev–Trinajstić information content (AvgIpc) is 2.91. The molecule has 196 valence electrons. The van der Waals surface area contributed by atoms with Gasteiger partial charge in [-0.25, -0.2) is 8.42 Å². The predicted molar refractivity (Wildman–Crippen MR) is 135 cm³/mol. The van der Waals surface area contributed by atoms with Crippen molar-refractivity contribution in [3.05, 3.63) is 46.4 Å². The van der Waals surface area contributed by atoms with Crippen LogP contribution < -0.4 is 14.2 Å². The third-order valence-corrected chi connectivity index (χ3v) is 8.80. The first-order valence-corrected chi connectivity index (χ1v) is 13.7. The number of hydrogen-bond donors (Lipinski definition) is 1. The molecule has 2 aliphatic rings. The summed E-state index contributed by atoms with van der Waals surface area (Å²) < 4.78 is 44.8. The summed E-state index contributed by atoms with van der Waals surface area (Å²) in [5, 5.41) is 11.3. The summed E-state index contributed by atoms with van der Waals surface area (Å²) in [6.07, 6.45) is 0.345. The highest BCUT2D eigenvalue weighted by atomic mass is 35.5. The van der Waals surface area contributed by atoms with Crippen LogP contribution >= 0.6 is 23.2 Å². The number of carbonyl (C=O) groups is 1. The number of methoxy groups -OCH3 is 2. The second kappa shape index (κ2) is 11.0. The number of hydrogen-bond acceptors (Lipinski definition) is 7. The van der Waals surface area contributed by atoms with E-state index < -0.39 is 28.2 Å². The van der Waals surface area contributed by atoms with Crippen LogP contribution in [0.25, 0.3) is 0 Å². The molecule has 2 fully saturated rings. The number of carbonyl (C=O) groups excluding carboxylic acids is 1. The lowest BCUT2D eigenvalue weighted by atomic mass is 9.96. The zero-order valence-electron chi connectivity index (χ0n) is 19.9. The summed E-state index contributed by atoms with van der Waals surface area (Å²) in [6, 6.07) is 7.46. The van der Waals surface area contributed by atoms with E-state index in [1.807, 2.05) is 0 Å². The van der Waals surface area contributed by atoms with Gasteiger partial charge in [0.25, 0.3) is 0 Å². The fourth-order valence-corrected chi connectivity index (χ4v) is 7.36. The molecular formula is C24H28Cl2N2O7S. The Balaban J connectivity index is 1.54. The van der Waals surface area contributed by atoms with Crippen molar-refractivity contribution in [3.8, 4) is 17.2 Å². The highest BCUT2D eigenvalue weighted by Gasteiger charge is 2.49. The quantitative estimate of drug-likeness (QED) is 0.530. The Labute approximate surface area is 220 Å². The first kappa shape index (κ1) is 26.8. The van der Waals surface area contributed by atoms with E-state index in [0.717, 1.165) is 4.31 Å². The molecule has 0 aliphatic carbocycles. The van der Waals surface area contributed by atoms with Crippen LogP contribution in [0.1, 0.15) is 19.3 Å². The number of nitrogens with zero attached hydrogens (tertiary/aromatic N) is 2. The second-order valence-electron chi connectivity index (χ2n) is 8.67. The fourth-order valence-electron chi connectivity index (χ4n) is 4.77. The van der Waals surface area contributed by atoms with Gasteiger partial charge in [-0.2, -0.15) is 4.31 Å². The Morgan fingerprint density at radius 1 is 1.03 bits per heavy atom. The Morgan fingerprint density at radius 3 is 2.39 bits per heavy atom. The van der Waals surface area contributed by atoms with Gasteiger partial charge in [0, 0.05) is 22.7 Å². The third kappa shape index (κ3) is 5.38. The summed E-state index contributed by atoms with van der Waals surface area (Å²) in [7, 11) is -1.10. The van der Waals surface area contributed by atoms with E-state index in [1.54, 1.807) is 18.2 Å². The van der Waals surface area contributed by atoms with E-state index in [-0.39, 0.29) is 40.5 Å². The van der Waals surface area contributed by atoms with Gasteiger partial charge < -0.3 is 24.2 Å². The fraction of sp³-hybridized carbons (Fsp3) is 0.458. The summed E-state index contributed by atoms with van der Waals surface area (Å²) in [4.78, 5) is 14.9. The van der Waals surface area contributed by atoms with Crippen molar-refractivity contribution in [2.24, 2.45) is 0 Å². The van der Waals surface area contributed by atoms with Gasteiger partial charge in [-0.05, 0) is 49.6 Å². The number of benzene rings is 2. The molecule has 4 rings (SSSR count). The topological polar surface area (TPSA) is 106 Å². The minimum Gasteiger partial charge on any atom is -0.493 e. The number of ether oxygens (including phenoxy) is 3. The van der Waals surface area contributed by atoms with Crippen molar-refractivity contribution in [2.45, 2.75) is 42.3 Å². The maximum absolute atomic E-state index is 13.6. The number of fused-ring (bicyclic) bond motifs is 2. The molecule has 0 spiro atoms. The van der Waals surface area contributed by atoms with Crippen LogP contribution in [-0.4, -0.2) is 80.7 Å². The minimum absolute atomic E-state index is 0.00237. The molecule has 2 bridgehead atoms. The maximum atomic E-state index is 13.6. The zero-order valence-corrected chi connectivity index (χ0v) is 22.2. The van der Waals surface area contributed by atoms with Gasteiger partial charge in [-0.1, -0.05) is 23.2 Å². The molecule has 2 heterocycles. The minimum atomic E-state index is -4.16. The van der Waals surface area contributed by atoms with Gasteiger partial charge in [-0.15, -0.1) is 0 Å². The molecule has 2 unspecified atom stereocenters. The van der Waals surface area contributed by atoms with Crippen LogP contribution in [-0.2, 0) is 14.8 Å². The van der Waals surface area contributed by atoms with Crippen LogP contribution in [0.2, 0.25) is 10.0 Å². The molecule has 2 aliphatic heterocycles. The van der Waals surface area contributed by atoms with Gasteiger partial charge in [0.05, 0.1) is 37.8 Å². The predicted octanol–water partition coefficient (Wildman–Crippen LogP) is 3.20. The van der Waals surface area contributed by atoms with Crippen molar-refractivity contribution in [1.82, 2.24) is 9.21 Å². The lowest BCUT2D eigenvalue weighted by Gasteiger charge is -2.39. The highest BCUT2D eigenvalue weighted by Crippen LogP contribution is 2.36. The van der Waals surface area contributed by atoms with Crippen LogP contribution in [0.5, 0.6) is 17.2 Å². The van der Waals surface area contributed by atoms with Crippen molar-refractivity contribution in [2.75, 3.05) is 33.9 Å². The van der Waals surface area contributed by atoms with Gasteiger partial charge >= 0.3 is 0 Å². The molecule has 9 nitrogen and oxygen atoms in total. The second-order valence-corrected chi connectivity index (χ2v) is 11.4. The lowest BCUT2D eigenvalue weighted by molar-refractivity contribution is -0.135. The first-order valence-electron chi connectivity index (χ1n) is 11.5. The lowest BCUT2D eigenvalue weighted by Crippen LogP contribution is -2.55. The molecule has 0 radical (unpaired) electrons. The highest BCUT2D eigenvalue weighted by molar-refractivity contribution is 7.89. The van der Waals surface area contributed by atoms with E-state index in [0.29, 0.717) is 36.5 Å². The van der Waals surface area contributed by atoms with Crippen LogP contribution in [0, 0.1) is 0 Å². The number of piperidine rings is 1. The SMILES string of the molecule is COc1ccc(OCCN2C[C@H](O)C3CCCC(C2=O)N3S(=O)(=O)c2cc(Cl)cc(Cl)c2)cc1OC. The van der Waals surface area contributed by atoms with Crippen LogP contribution in [0.15, 0.2) is 41.3 Å². The molecule has 2 saturated heterocycles. The maximum Gasteiger partial charge on any atom is 0.244 e. The molecule has 2 aromatic rings. The molecule has 0 saturated carbocycles. The molecule has 36 heavy (non-hydrogen) atoms. The average molecular weight is 559 g/mol. The molecule has 2 aromatic carbocycles. The Hall–Kier alpha value is -2.24. The number of aliphatic hydroxyl groups is 1. The van der Waals surface area contributed by atoms with Gasteiger partial charge in [0.15, 0.2) is 11.5 Å². The number of aliphatic hydroxyl groups excluding tert-OH is 1. The molecule has 0 aromatic heterocycles. The van der Waals surface area contributed by atoms with Gasteiger partial charge in [0.1, 0.15) is 18.4 Å². The normalized spacial score (nSPS) is 22.8. The first-order chi connectivity index (χ1) is 17.1. The number of halogens is 2. The molecule has 12 heteroatoms. The Kier molecular flexibility index (Phi) is 8.21. The van der Waals surface area contributed by atoms with E-state index in [1.165, 1.54) is 37.3 Å². The molecule has 3 atom stereocenters. The summed E-state index contributed by atoms with van der Waals surface area (Å²) in [6.45, 7) is 0.309. The number of amides is 1. The van der Waals surface area contributed by atoms with Gasteiger partial charge in [-0.3, -0.25) is 4.79 Å². The number of sulfonamides is 1. The van der Waals surface area contributed by atoms with E-state index in [9.17, 15) is 18.3 Å². The smallest absolute Gasteiger partial charge is 0.244 e.